The lowest BCUT2D eigenvalue weighted by atomic mass is 9.99. The van der Waals surface area contributed by atoms with E-state index in [1.54, 1.807) is 0 Å². The van der Waals surface area contributed by atoms with Crippen molar-refractivity contribution < 1.29 is 80.2 Å². The number of aliphatic hydroxyl groups is 1. The molecular formula is C77H150O17P2. The van der Waals surface area contributed by atoms with E-state index in [2.05, 4.69) is 55.4 Å². The molecule has 96 heavy (non-hydrogen) atoms. The maximum absolute atomic E-state index is 13.1. The number of ether oxygens (including phenoxy) is 4. The average Bonchev–Trinajstić information content (AvgIpc) is 3.02. The summed E-state index contributed by atoms with van der Waals surface area (Å²) in [6.07, 6.45) is 51.2. The Morgan fingerprint density at radius 1 is 0.292 bits per heavy atom. The summed E-state index contributed by atoms with van der Waals surface area (Å²) in [6, 6.07) is 0. The quantitative estimate of drug-likeness (QED) is 0.0222. The largest absolute Gasteiger partial charge is 0.472 e. The number of carbonyl (C=O) groups is 4. The molecule has 0 bridgehead atoms. The van der Waals surface area contributed by atoms with E-state index < -0.39 is 97.5 Å². The molecule has 5 unspecified atom stereocenters. The molecule has 0 fully saturated rings. The number of rotatable bonds is 74. The standard InChI is InChI=1S/C77H150O17P2/c1-9-69(7)55-47-39-31-22-15-13-11-12-14-16-25-35-43-51-59-76(81)93-72(63-87-74(79)57-49-41-33-24-20-18-23-32-40-48-56-70(8)10-2)65-91-95(83,84)89-61-71(78)62-90-96(85,86)92-66-73(64-88-75(80)58-50-42-34-28-27-30-38-46-54-68(5)6)94-77(82)60-52-44-36-26-19-17-21-29-37-45-53-67(3)4/h67-73,78H,9-66H2,1-8H3,(H,83,84)(H,85,86)/t69?,70?,71?,72-,73-/m1/s1. The summed E-state index contributed by atoms with van der Waals surface area (Å²) in [6.45, 7) is 14.2. The second-order valence-corrected chi connectivity index (χ2v) is 32.1. The smallest absolute Gasteiger partial charge is 0.462 e. The molecule has 0 saturated heterocycles. The summed E-state index contributed by atoms with van der Waals surface area (Å²) in [5.41, 5.74) is 0. The summed E-state index contributed by atoms with van der Waals surface area (Å²) in [5, 5.41) is 10.6. The molecule has 0 spiro atoms. The number of carbonyl (C=O) groups excluding carboxylic acids is 4. The van der Waals surface area contributed by atoms with Gasteiger partial charge in [0, 0.05) is 25.7 Å². The average molecular weight is 1410 g/mol. The molecule has 0 aliphatic carbocycles. The topological polar surface area (TPSA) is 237 Å². The molecule has 0 aliphatic heterocycles. The van der Waals surface area contributed by atoms with Gasteiger partial charge in [0.05, 0.1) is 26.4 Å². The molecular weight excluding hydrogens is 1260 g/mol. The zero-order valence-electron chi connectivity index (χ0n) is 63.0. The minimum absolute atomic E-state index is 0.105. The summed E-state index contributed by atoms with van der Waals surface area (Å²) in [5.74, 6) is 1.01. The highest BCUT2D eigenvalue weighted by Gasteiger charge is 2.30. The van der Waals surface area contributed by atoms with Gasteiger partial charge in [0.25, 0.3) is 0 Å². The Labute approximate surface area is 588 Å². The zero-order chi connectivity index (χ0) is 71.0. The van der Waals surface area contributed by atoms with Crippen molar-refractivity contribution in [2.45, 2.75) is 408 Å². The maximum Gasteiger partial charge on any atom is 0.472 e. The molecule has 0 rings (SSSR count). The molecule has 19 heteroatoms. The third-order valence-electron chi connectivity index (χ3n) is 18.5. The molecule has 0 amide bonds. The van der Waals surface area contributed by atoms with Crippen LogP contribution in [0.25, 0.3) is 0 Å². The number of hydrogen-bond acceptors (Lipinski definition) is 15. The van der Waals surface area contributed by atoms with Crippen molar-refractivity contribution in [1.29, 1.82) is 0 Å². The normalized spacial score (nSPS) is 14.7. The van der Waals surface area contributed by atoms with Crippen LogP contribution in [0.3, 0.4) is 0 Å². The first-order chi connectivity index (χ1) is 46.2. The Morgan fingerprint density at radius 3 is 0.740 bits per heavy atom. The van der Waals surface area contributed by atoms with Crippen LogP contribution in [0.15, 0.2) is 0 Å². The van der Waals surface area contributed by atoms with Gasteiger partial charge in [-0.3, -0.25) is 37.3 Å². The predicted molar refractivity (Wildman–Crippen MR) is 391 cm³/mol. The number of aliphatic hydroxyl groups excluding tert-OH is 1. The van der Waals surface area contributed by atoms with Crippen LogP contribution >= 0.6 is 15.6 Å². The molecule has 0 aromatic carbocycles. The third kappa shape index (κ3) is 67.9. The Kier molecular flexibility index (Phi) is 65.0. The van der Waals surface area contributed by atoms with Crippen LogP contribution in [-0.4, -0.2) is 96.7 Å². The van der Waals surface area contributed by atoms with Gasteiger partial charge in [-0.1, -0.05) is 338 Å². The summed E-state index contributed by atoms with van der Waals surface area (Å²) >= 11 is 0. The Morgan fingerprint density at radius 2 is 0.500 bits per heavy atom. The fourth-order valence-corrected chi connectivity index (χ4v) is 13.2. The third-order valence-corrected chi connectivity index (χ3v) is 20.4. The molecule has 17 nitrogen and oxygen atoms in total. The molecule has 570 valence electrons. The zero-order valence-corrected chi connectivity index (χ0v) is 64.8. The van der Waals surface area contributed by atoms with Crippen LogP contribution in [-0.2, 0) is 65.4 Å². The van der Waals surface area contributed by atoms with Gasteiger partial charge in [-0.25, -0.2) is 9.13 Å². The second-order valence-electron chi connectivity index (χ2n) is 29.2. The maximum atomic E-state index is 13.1. The van der Waals surface area contributed by atoms with Crippen molar-refractivity contribution in [3.63, 3.8) is 0 Å². The second kappa shape index (κ2) is 66.3. The minimum atomic E-state index is -4.96. The summed E-state index contributed by atoms with van der Waals surface area (Å²) in [4.78, 5) is 72.9. The first-order valence-corrected chi connectivity index (χ1v) is 42.8. The van der Waals surface area contributed by atoms with Crippen LogP contribution in [0.5, 0.6) is 0 Å². The van der Waals surface area contributed by atoms with Crippen LogP contribution in [0, 0.1) is 23.7 Å². The minimum Gasteiger partial charge on any atom is -0.462 e. The Bertz CT molecular complexity index is 1890. The molecule has 0 aromatic rings. The SMILES string of the molecule is CCC(C)CCCCCCCCCCCCCCCCC(=O)O[C@H](COC(=O)CCCCCCCCCCCCC(C)CC)COP(=O)(O)OCC(O)COP(=O)(O)OC[C@@H](COC(=O)CCCCCCCCCCC(C)C)OC(=O)CCCCCCCCCCCCC(C)C. The van der Waals surface area contributed by atoms with E-state index in [4.69, 9.17) is 37.0 Å². The van der Waals surface area contributed by atoms with Crippen molar-refractivity contribution in [3.05, 3.63) is 0 Å². The van der Waals surface area contributed by atoms with Crippen LogP contribution < -0.4 is 0 Å². The Hall–Kier alpha value is -1.94. The van der Waals surface area contributed by atoms with Gasteiger partial charge >= 0.3 is 39.5 Å². The van der Waals surface area contributed by atoms with Crippen molar-refractivity contribution >= 4 is 39.5 Å². The lowest BCUT2D eigenvalue weighted by Gasteiger charge is -2.21. The number of phosphoric ester groups is 2. The van der Waals surface area contributed by atoms with Crippen molar-refractivity contribution in [3.8, 4) is 0 Å². The molecule has 0 aliphatic rings. The molecule has 3 N–H and O–H groups in total. The van der Waals surface area contributed by atoms with Gasteiger partial charge in [-0.05, 0) is 49.4 Å². The lowest BCUT2D eigenvalue weighted by molar-refractivity contribution is -0.161. The lowest BCUT2D eigenvalue weighted by Crippen LogP contribution is -2.30. The molecule has 0 saturated carbocycles. The highest BCUT2D eigenvalue weighted by Crippen LogP contribution is 2.45. The van der Waals surface area contributed by atoms with E-state index in [1.165, 1.54) is 193 Å². The van der Waals surface area contributed by atoms with E-state index in [1.807, 2.05) is 0 Å². The monoisotopic (exact) mass is 1410 g/mol. The summed E-state index contributed by atoms with van der Waals surface area (Å²) in [7, 11) is -9.92. The van der Waals surface area contributed by atoms with E-state index in [-0.39, 0.29) is 25.7 Å². The molecule has 0 radical (unpaired) electrons. The van der Waals surface area contributed by atoms with E-state index in [9.17, 15) is 43.2 Å². The van der Waals surface area contributed by atoms with Gasteiger partial charge in [0.2, 0.25) is 0 Å². The van der Waals surface area contributed by atoms with E-state index >= 15 is 0 Å². The van der Waals surface area contributed by atoms with Crippen molar-refractivity contribution in [2.24, 2.45) is 23.7 Å². The van der Waals surface area contributed by atoms with Gasteiger partial charge in [0.1, 0.15) is 19.3 Å². The van der Waals surface area contributed by atoms with Crippen LogP contribution in [0.4, 0.5) is 0 Å². The Balaban J connectivity index is 5.27. The first-order valence-electron chi connectivity index (χ1n) is 39.8. The van der Waals surface area contributed by atoms with Gasteiger partial charge < -0.3 is 33.8 Å². The molecule has 0 heterocycles. The summed E-state index contributed by atoms with van der Waals surface area (Å²) < 4.78 is 68.6. The number of unbranched alkanes of at least 4 members (excludes halogenated alkanes) is 38. The van der Waals surface area contributed by atoms with Gasteiger partial charge in [0.15, 0.2) is 12.2 Å². The fourth-order valence-electron chi connectivity index (χ4n) is 11.7. The molecule has 7 atom stereocenters. The number of esters is 4. The van der Waals surface area contributed by atoms with Gasteiger partial charge in [-0.15, -0.1) is 0 Å². The predicted octanol–water partition coefficient (Wildman–Crippen LogP) is 22.4. The highest BCUT2D eigenvalue weighted by molar-refractivity contribution is 7.47. The fraction of sp³-hybridized carbons (Fsp3) is 0.948. The van der Waals surface area contributed by atoms with Gasteiger partial charge in [-0.2, -0.15) is 0 Å². The first kappa shape index (κ1) is 94.1. The highest BCUT2D eigenvalue weighted by atomic mass is 31.2. The van der Waals surface area contributed by atoms with Crippen molar-refractivity contribution in [2.75, 3.05) is 39.6 Å². The van der Waals surface area contributed by atoms with Crippen molar-refractivity contribution in [1.82, 2.24) is 0 Å². The number of phosphoric acid groups is 2. The van der Waals surface area contributed by atoms with Crippen LogP contribution in [0.1, 0.15) is 389 Å². The van der Waals surface area contributed by atoms with Crippen LogP contribution in [0.2, 0.25) is 0 Å². The number of hydrogen-bond donors (Lipinski definition) is 3. The van der Waals surface area contributed by atoms with E-state index in [0.29, 0.717) is 25.7 Å². The molecule has 0 aromatic heterocycles. The van der Waals surface area contributed by atoms with E-state index in [0.717, 1.165) is 114 Å².